The number of carboxylic acid groups (broad SMARTS) is 2. The topological polar surface area (TPSA) is 156 Å². The van der Waals surface area contributed by atoms with Crippen molar-refractivity contribution in [3.05, 3.63) is 117 Å². The van der Waals surface area contributed by atoms with Crippen molar-refractivity contribution in [3.63, 3.8) is 0 Å². The van der Waals surface area contributed by atoms with Gasteiger partial charge in [-0.3, -0.25) is 24.1 Å². The number of carbonyl (C=O) groups is 5. The third kappa shape index (κ3) is 11.4. The van der Waals surface area contributed by atoms with Gasteiger partial charge in [-0.1, -0.05) is 36.4 Å². The lowest BCUT2D eigenvalue weighted by Gasteiger charge is -2.32. The van der Waals surface area contributed by atoms with Gasteiger partial charge >= 0.3 is 11.9 Å². The molecule has 1 aliphatic rings. The normalized spacial score (nSPS) is 12.4. The number of aliphatic carboxylic acids is 1. The maximum atomic E-state index is 13.9. The summed E-state index contributed by atoms with van der Waals surface area (Å²) in [6, 6.07) is 22.1. The van der Waals surface area contributed by atoms with E-state index in [9.17, 15) is 24.0 Å². The lowest BCUT2D eigenvalue weighted by Crippen LogP contribution is -2.44. The fourth-order valence-corrected chi connectivity index (χ4v) is 8.23. The number of fused-ring (bicyclic) bond motifs is 1. The van der Waals surface area contributed by atoms with Gasteiger partial charge in [0, 0.05) is 54.3 Å². The molecule has 5 rings (SSSR count). The highest BCUT2D eigenvalue weighted by molar-refractivity contribution is 7.17. The highest BCUT2D eigenvalue weighted by Gasteiger charge is 2.27. The van der Waals surface area contributed by atoms with Gasteiger partial charge in [0.25, 0.3) is 11.8 Å². The van der Waals surface area contributed by atoms with E-state index in [4.69, 9.17) is 10.2 Å². The van der Waals surface area contributed by atoms with Crippen molar-refractivity contribution >= 4 is 51.7 Å². The smallest absolute Gasteiger partial charge is 0.335 e. The van der Waals surface area contributed by atoms with Crippen molar-refractivity contribution in [1.82, 2.24) is 9.80 Å². The summed E-state index contributed by atoms with van der Waals surface area (Å²) in [7, 11) is 0. The molecule has 296 valence electrons. The van der Waals surface area contributed by atoms with Gasteiger partial charge in [-0.15, -0.1) is 11.3 Å². The van der Waals surface area contributed by atoms with Crippen molar-refractivity contribution in [2.45, 2.75) is 97.7 Å². The minimum Gasteiger partial charge on any atom is -0.481 e. The Labute approximate surface area is 332 Å². The molecule has 0 spiro atoms. The van der Waals surface area contributed by atoms with Crippen LogP contribution in [0, 0.1) is 0 Å². The van der Waals surface area contributed by atoms with E-state index in [1.165, 1.54) is 11.3 Å². The van der Waals surface area contributed by atoms with E-state index in [1.807, 2.05) is 68.4 Å². The second-order valence-electron chi connectivity index (χ2n) is 14.9. The Kier molecular flexibility index (Phi) is 14.6. The van der Waals surface area contributed by atoms with Crippen LogP contribution < -0.4 is 10.6 Å². The van der Waals surface area contributed by atoms with Gasteiger partial charge in [0.15, 0.2) is 0 Å². The van der Waals surface area contributed by atoms with Crippen LogP contribution in [0.25, 0.3) is 0 Å². The second-order valence-corrected chi connectivity index (χ2v) is 16.0. The van der Waals surface area contributed by atoms with Crippen LogP contribution in [0.5, 0.6) is 0 Å². The number of amides is 3. The number of thiophene rings is 1. The first-order valence-corrected chi connectivity index (χ1v) is 20.1. The van der Waals surface area contributed by atoms with Crippen LogP contribution in [0.2, 0.25) is 0 Å². The molecular formula is C44H52N4O7S. The summed E-state index contributed by atoms with van der Waals surface area (Å²) in [6.45, 7) is 9.59. The molecule has 0 fully saturated rings. The van der Waals surface area contributed by atoms with Crippen LogP contribution in [0.1, 0.15) is 112 Å². The number of carbonyl (C=O) groups excluding carboxylic acids is 3. The Morgan fingerprint density at radius 2 is 1.38 bits per heavy atom. The fourth-order valence-electron chi connectivity index (χ4n) is 6.95. The zero-order valence-corrected chi connectivity index (χ0v) is 33.4. The Morgan fingerprint density at radius 1 is 0.714 bits per heavy atom. The van der Waals surface area contributed by atoms with Crippen molar-refractivity contribution < 1.29 is 34.2 Å². The zero-order chi connectivity index (χ0) is 40.4. The lowest BCUT2D eigenvalue weighted by atomic mass is 9.95. The summed E-state index contributed by atoms with van der Waals surface area (Å²) in [5.41, 5.74) is 5.97. The molecule has 0 unspecified atom stereocenters. The summed E-state index contributed by atoms with van der Waals surface area (Å²) < 4.78 is 0. The van der Waals surface area contributed by atoms with Crippen molar-refractivity contribution in [2.75, 3.05) is 23.7 Å². The van der Waals surface area contributed by atoms with Gasteiger partial charge in [-0.2, -0.15) is 0 Å². The predicted molar refractivity (Wildman–Crippen MR) is 220 cm³/mol. The Bertz CT molecular complexity index is 2020. The number of rotatable bonds is 18. The average molecular weight is 781 g/mol. The maximum Gasteiger partial charge on any atom is 0.335 e. The van der Waals surface area contributed by atoms with Crippen LogP contribution in [0.15, 0.2) is 72.8 Å². The number of benzene rings is 3. The summed E-state index contributed by atoms with van der Waals surface area (Å²) in [5.74, 6) is -2.68. The Hall–Kier alpha value is -5.33. The third-order valence-corrected chi connectivity index (χ3v) is 11.4. The minimum atomic E-state index is -0.993. The largest absolute Gasteiger partial charge is 0.481 e. The SMILES string of the molecule is CC(C)N(CCN(C(=O)CCC(=O)O)C(C)C)Cc1cccc(C(=O)Nc2sc3c(c2C(=O)Nc2ccc(CCc4ccc(C(=O)O)cc4)cc2)CCCC3)c1. The number of hydrogen-bond donors (Lipinski definition) is 4. The number of aryl methyl sites for hydroxylation is 3. The number of nitrogens with one attached hydrogen (secondary N) is 2. The van der Waals surface area contributed by atoms with Gasteiger partial charge in [0.2, 0.25) is 5.91 Å². The number of anilines is 2. The first-order chi connectivity index (χ1) is 26.8. The molecular weight excluding hydrogens is 729 g/mol. The maximum absolute atomic E-state index is 13.9. The summed E-state index contributed by atoms with van der Waals surface area (Å²) in [6.07, 6.45) is 4.94. The lowest BCUT2D eigenvalue weighted by molar-refractivity contribution is -0.141. The van der Waals surface area contributed by atoms with Gasteiger partial charge in [-0.25, -0.2) is 4.79 Å². The number of carboxylic acids is 2. The van der Waals surface area contributed by atoms with E-state index in [2.05, 4.69) is 29.4 Å². The fraction of sp³-hybridized carbons (Fsp3) is 0.386. The van der Waals surface area contributed by atoms with E-state index >= 15 is 0 Å². The van der Waals surface area contributed by atoms with Gasteiger partial charge in [0.1, 0.15) is 5.00 Å². The molecule has 3 aromatic carbocycles. The van der Waals surface area contributed by atoms with E-state index in [-0.39, 0.29) is 48.2 Å². The van der Waals surface area contributed by atoms with Crippen LogP contribution in [-0.4, -0.2) is 74.8 Å². The number of aromatic carboxylic acids is 1. The summed E-state index contributed by atoms with van der Waals surface area (Å²) in [5, 5.41) is 24.9. The molecule has 0 saturated heterocycles. The van der Waals surface area contributed by atoms with E-state index < -0.39 is 11.9 Å². The molecule has 0 aliphatic heterocycles. The summed E-state index contributed by atoms with van der Waals surface area (Å²) in [4.78, 5) is 67.7. The molecule has 11 nitrogen and oxygen atoms in total. The van der Waals surface area contributed by atoms with Crippen LogP contribution in [0.3, 0.4) is 0 Å². The number of nitrogens with zero attached hydrogens (tertiary/aromatic N) is 2. The van der Waals surface area contributed by atoms with Crippen molar-refractivity contribution in [2.24, 2.45) is 0 Å². The van der Waals surface area contributed by atoms with Crippen molar-refractivity contribution in [1.29, 1.82) is 0 Å². The van der Waals surface area contributed by atoms with Gasteiger partial charge < -0.3 is 25.7 Å². The van der Waals surface area contributed by atoms with E-state index in [0.717, 1.165) is 65.7 Å². The predicted octanol–water partition coefficient (Wildman–Crippen LogP) is 7.93. The molecule has 56 heavy (non-hydrogen) atoms. The van der Waals surface area contributed by atoms with Crippen LogP contribution in [-0.2, 0) is 41.8 Å². The molecule has 0 radical (unpaired) electrons. The second kappa shape index (κ2) is 19.5. The zero-order valence-electron chi connectivity index (χ0n) is 32.6. The van der Waals surface area contributed by atoms with Crippen LogP contribution >= 0.6 is 11.3 Å². The number of hydrogen-bond acceptors (Lipinski definition) is 7. The summed E-state index contributed by atoms with van der Waals surface area (Å²) >= 11 is 1.47. The first-order valence-electron chi connectivity index (χ1n) is 19.3. The molecule has 0 atom stereocenters. The van der Waals surface area contributed by atoms with E-state index in [0.29, 0.717) is 41.4 Å². The molecule has 3 amide bonds. The minimum absolute atomic E-state index is 0.0347. The van der Waals surface area contributed by atoms with Gasteiger partial charge in [0.05, 0.1) is 17.5 Å². The molecule has 1 aromatic heterocycles. The standard InChI is InChI=1S/C44H52N4O7S/c1-28(2)47(24-25-48(29(3)4)38(49)22-23-39(50)51)27-32-8-7-9-34(26-32)41(52)46-43-40(36-10-5-6-11-37(36)56-43)42(53)45-35-20-16-31(17-21-35)13-12-30-14-18-33(19-15-30)44(54)55/h7-9,14-21,26,28-29H,5-6,10-13,22-25,27H2,1-4H3,(H,45,53)(H,46,52)(H,50,51)(H,54,55). The third-order valence-electron chi connectivity index (χ3n) is 10.2. The average Bonchev–Trinajstić information content (AvgIpc) is 3.54. The first kappa shape index (κ1) is 41.8. The molecule has 1 heterocycles. The molecule has 0 saturated carbocycles. The molecule has 4 N–H and O–H groups in total. The molecule has 1 aliphatic carbocycles. The monoisotopic (exact) mass is 780 g/mol. The van der Waals surface area contributed by atoms with E-state index in [1.54, 1.807) is 23.1 Å². The quantitative estimate of drug-likeness (QED) is 0.0794. The van der Waals surface area contributed by atoms with Crippen molar-refractivity contribution in [3.8, 4) is 0 Å². The highest BCUT2D eigenvalue weighted by Crippen LogP contribution is 2.39. The molecule has 4 aromatic rings. The Morgan fingerprint density at radius 3 is 2.00 bits per heavy atom. The Balaban J connectivity index is 1.24. The molecule has 0 bridgehead atoms. The van der Waals surface area contributed by atoms with Crippen LogP contribution in [0.4, 0.5) is 10.7 Å². The molecule has 12 heteroatoms. The highest BCUT2D eigenvalue weighted by atomic mass is 32.1. The van der Waals surface area contributed by atoms with Gasteiger partial charge in [-0.05, 0) is 125 Å².